The summed E-state index contributed by atoms with van der Waals surface area (Å²) in [5.74, 6) is 0.143. The molecule has 2 fully saturated rings. The van der Waals surface area contributed by atoms with Gasteiger partial charge in [0.1, 0.15) is 5.78 Å². The van der Waals surface area contributed by atoms with E-state index in [9.17, 15) is 4.79 Å². The number of ketones is 1. The Bertz CT molecular complexity index is 790. The average molecular weight is 534 g/mol. The van der Waals surface area contributed by atoms with E-state index in [1.807, 2.05) is 12.1 Å². The second kappa shape index (κ2) is 10.5. The summed E-state index contributed by atoms with van der Waals surface area (Å²) < 4.78 is 2.08. The van der Waals surface area contributed by atoms with Crippen molar-refractivity contribution >= 4 is 37.6 Å². The molecule has 2 aliphatic rings. The molecule has 0 N–H and O–H groups in total. The first-order valence-corrected chi connectivity index (χ1v) is 12.7. The smallest absolute Gasteiger partial charge is 0.150 e. The summed E-state index contributed by atoms with van der Waals surface area (Å²) in [4.78, 5) is 19.1. The van der Waals surface area contributed by atoms with Crippen LogP contribution < -0.4 is 0 Å². The number of halogens is 2. The highest BCUT2D eigenvalue weighted by molar-refractivity contribution is 9.10. The molecule has 0 saturated carbocycles. The van der Waals surface area contributed by atoms with Crippen molar-refractivity contribution in [3.63, 3.8) is 0 Å². The number of hydrogen-bond donors (Lipinski definition) is 0. The van der Waals surface area contributed by atoms with Crippen molar-refractivity contribution < 1.29 is 4.79 Å². The predicted octanol–water partition coefficient (Wildman–Crippen LogP) is 5.84. The van der Waals surface area contributed by atoms with Crippen LogP contribution in [0.2, 0.25) is 0 Å². The van der Waals surface area contributed by atoms with Gasteiger partial charge in [-0.05, 0) is 87.3 Å². The summed E-state index contributed by atoms with van der Waals surface area (Å²) in [5.41, 5.74) is 2.25. The van der Waals surface area contributed by atoms with E-state index in [1.54, 1.807) is 0 Å². The minimum Gasteiger partial charge on any atom is -0.302 e. The third-order valence-electron chi connectivity index (χ3n) is 6.47. The second-order valence-corrected chi connectivity index (χ2v) is 10.5. The number of Topliss-reactive ketones (excluding diaryl/α,β-unsaturated/α-hetero) is 1. The summed E-state index contributed by atoms with van der Waals surface area (Å²) in [5, 5.41) is 0. The third kappa shape index (κ3) is 5.61. The molecule has 3 nitrogen and oxygen atoms in total. The fraction of sp³-hybridized carbons (Fsp3) is 0.480. The van der Waals surface area contributed by atoms with E-state index in [4.69, 9.17) is 0 Å². The lowest BCUT2D eigenvalue weighted by atomic mass is 9.83. The van der Waals surface area contributed by atoms with Crippen LogP contribution in [0.3, 0.4) is 0 Å². The SMILES string of the molecule is O=C(C(CN1CCCC1)c1cccc(Br)c1)C(CN1CCCC1)c1cccc(Br)c1. The van der Waals surface area contributed by atoms with Crippen LogP contribution in [0.1, 0.15) is 48.6 Å². The van der Waals surface area contributed by atoms with Gasteiger partial charge in [0.15, 0.2) is 0 Å². The number of carbonyl (C=O) groups is 1. The zero-order valence-electron chi connectivity index (χ0n) is 17.4. The molecule has 0 aliphatic carbocycles. The van der Waals surface area contributed by atoms with Gasteiger partial charge in [0.25, 0.3) is 0 Å². The molecule has 2 atom stereocenters. The Morgan fingerprint density at radius 1 is 0.733 bits per heavy atom. The van der Waals surface area contributed by atoms with E-state index >= 15 is 0 Å². The van der Waals surface area contributed by atoms with E-state index < -0.39 is 0 Å². The first-order valence-electron chi connectivity index (χ1n) is 11.1. The fourth-order valence-electron chi connectivity index (χ4n) is 4.86. The lowest BCUT2D eigenvalue weighted by Gasteiger charge is -2.29. The van der Waals surface area contributed by atoms with E-state index in [0.29, 0.717) is 5.78 Å². The molecule has 30 heavy (non-hydrogen) atoms. The van der Waals surface area contributed by atoms with Gasteiger partial charge in [0.05, 0.1) is 11.8 Å². The van der Waals surface area contributed by atoms with Crippen molar-refractivity contribution in [3.05, 3.63) is 68.6 Å². The second-order valence-electron chi connectivity index (χ2n) is 8.63. The molecule has 4 rings (SSSR count). The Labute approximate surface area is 197 Å². The number of rotatable bonds is 8. The van der Waals surface area contributed by atoms with Crippen molar-refractivity contribution in [2.24, 2.45) is 0 Å². The van der Waals surface area contributed by atoms with E-state index in [-0.39, 0.29) is 11.8 Å². The van der Waals surface area contributed by atoms with Crippen LogP contribution >= 0.6 is 31.9 Å². The van der Waals surface area contributed by atoms with E-state index in [1.165, 1.54) is 25.7 Å². The summed E-state index contributed by atoms with van der Waals surface area (Å²) in [6.45, 7) is 6.05. The molecule has 0 amide bonds. The van der Waals surface area contributed by atoms with Gasteiger partial charge in [-0.3, -0.25) is 4.79 Å². The first-order chi connectivity index (χ1) is 14.6. The molecule has 0 radical (unpaired) electrons. The molecule has 0 aromatic heterocycles. The van der Waals surface area contributed by atoms with Crippen molar-refractivity contribution in [1.29, 1.82) is 0 Å². The lowest BCUT2D eigenvalue weighted by molar-refractivity contribution is -0.122. The Hall–Kier alpha value is -1.01. The number of likely N-dealkylation sites (tertiary alicyclic amines) is 2. The van der Waals surface area contributed by atoms with Gasteiger partial charge < -0.3 is 9.80 Å². The summed E-state index contributed by atoms with van der Waals surface area (Å²) in [6, 6.07) is 16.7. The molecule has 2 aromatic rings. The van der Waals surface area contributed by atoms with Crippen LogP contribution in [0.15, 0.2) is 57.5 Å². The van der Waals surface area contributed by atoms with Crippen molar-refractivity contribution in [2.75, 3.05) is 39.3 Å². The Morgan fingerprint density at radius 3 is 1.50 bits per heavy atom. The lowest BCUT2D eigenvalue weighted by Crippen LogP contribution is -2.36. The van der Waals surface area contributed by atoms with Crippen LogP contribution in [0.5, 0.6) is 0 Å². The van der Waals surface area contributed by atoms with Crippen LogP contribution in [0, 0.1) is 0 Å². The van der Waals surface area contributed by atoms with Gasteiger partial charge in [0.2, 0.25) is 0 Å². The minimum atomic E-state index is -0.104. The highest BCUT2D eigenvalue weighted by Crippen LogP contribution is 2.32. The number of nitrogens with zero attached hydrogens (tertiary/aromatic N) is 2. The largest absolute Gasteiger partial charge is 0.302 e. The number of carbonyl (C=O) groups excluding carboxylic acids is 1. The molecular formula is C25H30Br2N2O. The standard InChI is InChI=1S/C25H30Br2N2O/c26-21-9-5-7-19(15-21)23(17-28-11-1-2-12-28)25(30)24(18-29-13-3-4-14-29)20-8-6-10-22(27)16-20/h5-10,15-16,23-24H,1-4,11-14,17-18H2. The topological polar surface area (TPSA) is 23.6 Å². The van der Waals surface area contributed by atoms with Gasteiger partial charge in [-0.25, -0.2) is 0 Å². The average Bonchev–Trinajstić information content (AvgIpc) is 3.44. The van der Waals surface area contributed by atoms with Gasteiger partial charge in [0, 0.05) is 22.0 Å². The van der Waals surface area contributed by atoms with Gasteiger partial charge in [-0.1, -0.05) is 56.1 Å². The molecule has 5 heteroatoms. The molecule has 2 unspecified atom stereocenters. The van der Waals surface area contributed by atoms with Gasteiger partial charge >= 0.3 is 0 Å². The molecule has 2 heterocycles. The minimum absolute atomic E-state index is 0.104. The Balaban J connectivity index is 1.66. The molecule has 0 bridgehead atoms. The van der Waals surface area contributed by atoms with E-state index in [0.717, 1.165) is 59.3 Å². The Kier molecular flexibility index (Phi) is 7.79. The van der Waals surface area contributed by atoms with Crippen molar-refractivity contribution in [1.82, 2.24) is 9.80 Å². The van der Waals surface area contributed by atoms with Crippen LogP contribution in [0.4, 0.5) is 0 Å². The van der Waals surface area contributed by atoms with Crippen LogP contribution in [-0.4, -0.2) is 54.9 Å². The normalized spacial score (nSPS) is 19.8. The zero-order valence-corrected chi connectivity index (χ0v) is 20.6. The fourth-order valence-corrected chi connectivity index (χ4v) is 5.69. The monoisotopic (exact) mass is 532 g/mol. The molecule has 2 aromatic carbocycles. The van der Waals surface area contributed by atoms with Crippen LogP contribution in [-0.2, 0) is 4.79 Å². The molecular weight excluding hydrogens is 504 g/mol. The maximum Gasteiger partial charge on any atom is 0.150 e. The molecule has 2 aliphatic heterocycles. The van der Waals surface area contributed by atoms with E-state index in [2.05, 4.69) is 78.1 Å². The summed E-state index contributed by atoms with van der Waals surface area (Å²) >= 11 is 7.23. The number of hydrogen-bond acceptors (Lipinski definition) is 3. The van der Waals surface area contributed by atoms with Gasteiger partial charge in [-0.2, -0.15) is 0 Å². The van der Waals surface area contributed by atoms with Crippen molar-refractivity contribution in [3.8, 4) is 0 Å². The number of benzene rings is 2. The van der Waals surface area contributed by atoms with Crippen molar-refractivity contribution in [2.45, 2.75) is 37.5 Å². The maximum absolute atomic E-state index is 14.2. The first kappa shape index (κ1) is 22.2. The molecule has 160 valence electrons. The molecule has 0 spiro atoms. The summed E-state index contributed by atoms with van der Waals surface area (Å²) in [6.07, 6.45) is 4.95. The van der Waals surface area contributed by atoms with Crippen LogP contribution in [0.25, 0.3) is 0 Å². The predicted molar refractivity (Wildman–Crippen MR) is 130 cm³/mol. The highest BCUT2D eigenvalue weighted by atomic mass is 79.9. The summed E-state index contributed by atoms with van der Waals surface area (Å²) in [7, 11) is 0. The zero-order chi connectivity index (χ0) is 20.9. The maximum atomic E-state index is 14.2. The third-order valence-corrected chi connectivity index (χ3v) is 7.45. The quantitative estimate of drug-likeness (QED) is 0.426. The Morgan fingerprint density at radius 2 is 1.13 bits per heavy atom. The molecule has 2 saturated heterocycles. The van der Waals surface area contributed by atoms with Gasteiger partial charge in [-0.15, -0.1) is 0 Å². The highest BCUT2D eigenvalue weighted by Gasteiger charge is 2.33.